The fourth-order valence-corrected chi connectivity index (χ4v) is 4.92. The maximum atomic E-state index is 12.8. The predicted octanol–water partition coefficient (Wildman–Crippen LogP) is 5.03. The van der Waals surface area contributed by atoms with Gasteiger partial charge in [0, 0.05) is 25.6 Å². The first-order valence-corrected chi connectivity index (χ1v) is 11.2. The second kappa shape index (κ2) is 10.5. The van der Waals surface area contributed by atoms with Crippen LogP contribution in [-0.4, -0.2) is 41.9 Å². The molecule has 2 aliphatic heterocycles. The summed E-state index contributed by atoms with van der Waals surface area (Å²) in [5, 5.41) is 0. The van der Waals surface area contributed by atoms with Gasteiger partial charge in [-0.05, 0) is 67.6 Å². The number of amides is 1. The van der Waals surface area contributed by atoms with Crippen molar-refractivity contribution in [1.82, 2.24) is 9.80 Å². The molecule has 8 heteroatoms. The highest BCUT2D eigenvalue weighted by molar-refractivity contribution is 5.85. The monoisotopic (exact) mass is 481 g/mol. The van der Waals surface area contributed by atoms with Gasteiger partial charge in [0.1, 0.15) is 0 Å². The van der Waals surface area contributed by atoms with Crippen LogP contribution in [0.4, 0.5) is 13.2 Å². The maximum Gasteiger partial charge on any atom is 0.416 e. The summed E-state index contributed by atoms with van der Waals surface area (Å²) < 4.78 is 38.3. The van der Waals surface area contributed by atoms with E-state index in [4.69, 9.17) is 5.73 Å². The number of halogens is 4. The van der Waals surface area contributed by atoms with Gasteiger partial charge in [-0.3, -0.25) is 4.79 Å². The molecule has 2 N–H and O–H groups in total. The van der Waals surface area contributed by atoms with Gasteiger partial charge in [-0.2, -0.15) is 13.2 Å². The Labute approximate surface area is 199 Å². The molecule has 0 bridgehead atoms. The topological polar surface area (TPSA) is 49.6 Å². The van der Waals surface area contributed by atoms with E-state index in [2.05, 4.69) is 17.0 Å². The Balaban J connectivity index is 0.00000306. The Morgan fingerprint density at radius 3 is 2.24 bits per heavy atom. The van der Waals surface area contributed by atoms with Crippen LogP contribution < -0.4 is 5.73 Å². The number of piperidine rings is 1. The standard InChI is InChI=1S/C25H30F3N3O.ClH/c26-25(27,28)21-8-6-19(7-9-21)17-31-18-24(16-23(31)32)11-14-30(15-12-24)13-10-22(29)20-4-2-1-3-5-20;/h1-9,22H,10-18,29H2;1H/t22-;/m0./s1. The summed E-state index contributed by atoms with van der Waals surface area (Å²) in [6, 6.07) is 15.3. The molecule has 180 valence electrons. The zero-order valence-corrected chi connectivity index (χ0v) is 19.4. The summed E-state index contributed by atoms with van der Waals surface area (Å²) in [6.45, 7) is 3.89. The van der Waals surface area contributed by atoms with Gasteiger partial charge in [-0.1, -0.05) is 42.5 Å². The molecule has 1 amide bonds. The minimum Gasteiger partial charge on any atom is -0.338 e. The average Bonchev–Trinajstić information content (AvgIpc) is 3.08. The van der Waals surface area contributed by atoms with Crippen LogP contribution >= 0.6 is 12.4 Å². The van der Waals surface area contributed by atoms with Crippen LogP contribution in [0.2, 0.25) is 0 Å². The third kappa shape index (κ3) is 6.28. The molecule has 33 heavy (non-hydrogen) atoms. The average molecular weight is 482 g/mol. The molecule has 2 aromatic carbocycles. The van der Waals surface area contributed by atoms with E-state index in [1.165, 1.54) is 12.1 Å². The predicted molar refractivity (Wildman–Crippen MR) is 125 cm³/mol. The van der Waals surface area contributed by atoms with Crippen molar-refractivity contribution in [3.63, 3.8) is 0 Å². The number of benzene rings is 2. The van der Waals surface area contributed by atoms with Crippen molar-refractivity contribution in [2.24, 2.45) is 11.1 Å². The van der Waals surface area contributed by atoms with Gasteiger partial charge in [0.2, 0.25) is 5.91 Å². The van der Waals surface area contributed by atoms with Gasteiger partial charge in [-0.25, -0.2) is 0 Å². The normalized spacial score (nSPS) is 19.5. The van der Waals surface area contributed by atoms with Gasteiger partial charge < -0.3 is 15.5 Å². The molecule has 4 nitrogen and oxygen atoms in total. The van der Waals surface area contributed by atoms with E-state index in [9.17, 15) is 18.0 Å². The fraction of sp³-hybridized carbons (Fsp3) is 0.480. The van der Waals surface area contributed by atoms with Gasteiger partial charge >= 0.3 is 6.18 Å². The SMILES string of the molecule is Cl.N[C@@H](CCN1CCC2(CC1)CC(=O)N(Cc1ccc(C(F)(F)F)cc1)C2)c1ccccc1. The third-order valence-corrected chi connectivity index (χ3v) is 6.96. The smallest absolute Gasteiger partial charge is 0.338 e. The van der Waals surface area contributed by atoms with E-state index in [0.29, 0.717) is 19.5 Å². The second-order valence-electron chi connectivity index (χ2n) is 9.27. The molecule has 2 aliphatic rings. The highest BCUT2D eigenvalue weighted by Crippen LogP contribution is 2.41. The number of hydrogen-bond acceptors (Lipinski definition) is 3. The maximum absolute atomic E-state index is 12.8. The lowest BCUT2D eigenvalue weighted by Crippen LogP contribution is -2.42. The van der Waals surface area contributed by atoms with E-state index >= 15 is 0 Å². The summed E-state index contributed by atoms with van der Waals surface area (Å²) in [5.74, 6) is 0.101. The van der Waals surface area contributed by atoms with Crippen molar-refractivity contribution in [3.05, 3.63) is 71.3 Å². The minimum absolute atomic E-state index is 0. The first-order valence-electron chi connectivity index (χ1n) is 11.2. The number of hydrogen-bond donors (Lipinski definition) is 1. The highest BCUT2D eigenvalue weighted by Gasteiger charge is 2.44. The second-order valence-corrected chi connectivity index (χ2v) is 9.27. The zero-order chi connectivity index (χ0) is 22.8. The number of alkyl halides is 3. The molecule has 2 saturated heterocycles. The van der Waals surface area contributed by atoms with Crippen molar-refractivity contribution in [2.45, 2.75) is 44.4 Å². The highest BCUT2D eigenvalue weighted by atomic mass is 35.5. The van der Waals surface area contributed by atoms with Crippen molar-refractivity contribution in [2.75, 3.05) is 26.2 Å². The summed E-state index contributed by atoms with van der Waals surface area (Å²) in [6.07, 6.45) is -0.988. The lowest BCUT2D eigenvalue weighted by atomic mass is 9.77. The van der Waals surface area contributed by atoms with E-state index in [1.54, 1.807) is 0 Å². The molecule has 2 fully saturated rings. The molecule has 0 aliphatic carbocycles. The number of rotatable bonds is 6. The molecular weight excluding hydrogens is 451 g/mol. The molecule has 0 radical (unpaired) electrons. The minimum atomic E-state index is -4.34. The molecule has 4 rings (SSSR count). The van der Waals surface area contributed by atoms with Crippen LogP contribution in [0.5, 0.6) is 0 Å². The number of nitrogens with zero attached hydrogens (tertiary/aromatic N) is 2. The largest absolute Gasteiger partial charge is 0.416 e. The molecular formula is C25H31ClF3N3O. The molecule has 2 aromatic rings. The molecule has 0 unspecified atom stereocenters. The van der Waals surface area contributed by atoms with Gasteiger partial charge in [0.25, 0.3) is 0 Å². The van der Waals surface area contributed by atoms with Gasteiger partial charge in [-0.15, -0.1) is 12.4 Å². The van der Waals surface area contributed by atoms with Gasteiger partial charge in [0.05, 0.1) is 5.56 Å². The lowest BCUT2D eigenvalue weighted by Gasteiger charge is -2.39. The van der Waals surface area contributed by atoms with E-state index in [-0.39, 0.29) is 29.8 Å². The van der Waals surface area contributed by atoms with Crippen molar-refractivity contribution >= 4 is 18.3 Å². The number of carbonyl (C=O) groups is 1. The summed E-state index contributed by atoms with van der Waals surface area (Å²) in [4.78, 5) is 16.9. The van der Waals surface area contributed by atoms with Crippen molar-refractivity contribution in [3.8, 4) is 0 Å². The van der Waals surface area contributed by atoms with Gasteiger partial charge in [0.15, 0.2) is 0 Å². The van der Waals surface area contributed by atoms with E-state index in [0.717, 1.165) is 62.2 Å². The zero-order valence-electron chi connectivity index (χ0n) is 18.6. The fourth-order valence-electron chi connectivity index (χ4n) is 4.92. The van der Waals surface area contributed by atoms with Crippen molar-refractivity contribution in [1.29, 1.82) is 0 Å². The number of likely N-dealkylation sites (tertiary alicyclic amines) is 2. The Morgan fingerprint density at radius 2 is 1.64 bits per heavy atom. The summed E-state index contributed by atoms with van der Waals surface area (Å²) >= 11 is 0. The van der Waals surface area contributed by atoms with E-state index < -0.39 is 11.7 Å². The number of carbonyl (C=O) groups excluding carboxylic acids is 1. The van der Waals surface area contributed by atoms with E-state index in [1.807, 2.05) is 23.1 Å². The Hall–Kier alpha value is -2.09. The van der Waals surface area contributed by atoms with Crippen LogP contribution in [0.25, 0.3) is 0 Å². The Kier molecular flexibility index (Phi) is 8.08. The number of nitrogens with two attached hydrogens (primary N) is 1. The first-order chi connectivity index (χ1) is 15.2. The molecule has 1 atom stereocenters. The van der Waals surface area contributed by atoms with Crippen LogP contribution in [0.3, 0.4) is 0 Å². The quantitative estimate of drug-likeness (QED) is 0.629. The lowest BCUT2D eigenvalue weighted by molar-refractivity contribution is -0.137. The van der Waals surface area contributed by atoms with Crippen LogP contribution in [-0.2, 0) is 17.5 Å². The van der Waals surface area contributed by atoms with Crippen molar-refractivity contribution < 1.29 is 18.0 Å². The molecule has 0 aromatic heterocycles. The molecule has 2 heterocycles. The first kappa shape index (κ1) is 25.5. The Bertz CT molecular complexity index is 913. The summed E-state index contributed by atoms with van der Waals surface area (Å²) in [5.41, 5.74) is 7.54. The Morgan fingerprint density at radius 1 is 1.00 bits per heavy atom. The third-order valence-electron chi connectivity index (χ3n) is 6.96. The molecule has 1 spiro atoms. The van der Waals surface area contributed by atoms with Crippen LogP contribution in [0.15, 0.2) is 54.6 Å². The van der Waals surface area contributed by atoms with Crippen LogP contribution in [0.1, 0.15) is 48.4 Å². The van der Waals surface area contributed by atoms with Crippen LogP contribution in [0, 0.1) is 5.41 Å². The molecule has 0 saturated carbocycles. The summed E-state index contributed by atoms with van der Waals surface area (Å²) in [7, 11) is 0.